The van der Waals surface area contributed by atoms with Crippen LogP contribution in [-0.2, 0) is 6.42 Å². The first-order chi connectivity index (χ1) is 12.0. The zero-order valence-corrected chi connectivity index (χ0v) is 13.5. The number of aromatic nitrogens is 2. The van der Waals surface area contributed by atoms with Crippen molar-refractivity contribution < 1.29 is 4.42 Å². The molecule has 25 heavy (non-hydrogen) atoms. The largest absolute Gasteiger partial charge is 0.405 e. The van der Waals surface area contributed by atoms with Crippen LogP contribution < -0.4 is 16.9 Å². The fourth-order valence-electron chi connectivity index (χ4n) is 2.81. The Morgan fingerprint density at radius 3 is 2.48 bits per heavy atom. The van der Waals surface area contributed by atoms with E-state index in [2.05, 4.69) is 14.8 Å². The van der Waals surface area contributed by atoms with Gasteiger partial charge in [0.1, 0.15) is 5.39 Å². The fourth-order valence-corrected chi connectivity index (χ4v) is 2.81. The molecule has 7 nitrogen and oxygen atoms in total. The van der Waals surface area contributed by atoms with Gasteiger partial charge in [-0.2, -0.15) is 0 Å². The SMILES string of the molecule is [C-]#[N+]c1ccc(-c2c(CCCC)c3c(=O)[nH]c(=O)[nH]c3oc2=O)cc1. The molecule has 0 bridgehead atoms. The summed E-state index contributed by atoms with van der Waals surface area (Å²) in [5, 5.41) is 0.178. The number of aryl methyl sites for hydroxylation is 1. The molecule has 3 aromatic rings. The summed E-state index contributed by atoms with van der Waals surface area (Å²) in [7, 11) is 0. The van der Waals surface area contributed by atoms with Crippen molar-refractivity contribution in [3.05, 3.63) is 72.5 Å². The second-order valence-electron chi connectivity index (χ2n) is 5.62. The number of hydrogen-bond donors (Lipinski definition) is 2. The second kappa shape index (κ2) is 6.61. The smallest absolute Gasteiger partial charge is 0.345 e. The first-order valence-corrected chi connectivity index (χ1v) is 7.85. The molecule has 0 aliphatic carbocycles. The summed E-state index contributed by atoms with van der Waals surface area (Å²) < 4.78 is 5.19. The van der Waals surface area contributed by atoms with Gasteiger partial charge in [0.2, 0.25) is 5.71 Å². The molecule has 0 saturated heterocycles. The predicted octanol–water partition coefficient (Wildman–Crippen LogP) is 2.73. The van der Waals surface area contributed by atoms with Crippen LogP contribution in [0.4, 0.5) is 5.69 Å². The number of benzene rings is 1. The van der Waals surface area contributed by atoms with Crippen molar-refractivity contribution in [1.82, 2.24) is 9.97 Å². The Morgan fingerprint density at radius 2 is 1.84 bits per heavy atom. The highest BCUT2D eigenvalue weighted by molar-refractivity contribution is 5.84. The maximum Gasteiger partial charge on any atom is 0.345 e. The third kappa shape index (κ3) is 3.02. The second-order valence-corrected chi connectivity index (χ2v) is 5.62. The normalized spacial score (nSPS) is 10.7. The molecule has 2 heterocycles. The quantitative estimate of drug-likeness (QED) is 0.715. The van der Waals surface area contributed by atoms with Gasteiger partial charge in [0.15, 0.2) is 5.69 Å². The van der Waals surface area contributed by atoms with E-state index in [1.165, 1.54) is 0 Å². The molecule has 0 fully saturated rings. The molecule has 0 aliphatic rings. The van der Waals surface area contributed by atoms with E-state index in [0.29, 0.717) is 23.2 Å². The molecule has 1 aromatic carbocycles. The van der Waals surface area contributed by atoms with E-state index in [1.807, 2.05) is 6.92 Å². The zero-order valence-electron chi connectivity index (χ0n) is 13.5. The number of nitrogens with zero attached hydrogens (tertiary/aromatic N) is 1. The van der Waals surface area contributed by atoms with Gasteiger partial charge in [-0.1, -0.05) is 37.6 Å². The average molecular weight is 337 g/mol. The Hall–Kier alpha value is -3.40. The number of H-pyrrole nitrogens is 2. The van der Waals surface area contributed by atoms with Gasteiger partial charge >= 0.3 is 11.3 Å². The minimum absolute atomic E-state index is 0.119. The summed E-state index contributed by atoms with van der Waals surface area (Å²) in [5.74, 6) is 0. The Morgan fingerprint density at radius 1 is 1.12 bits per heavy atom. The minimum Gasteiger partial charge on any atom is -0.405 e. The van der Waals surface area contributed by atoms with Gasteiger partial charge in [-0.15, -0.1) is 0 Å². The lowest BCUT2D eigenvalue weighted by Crippen LogP contribution is -2.25. The molecule has 126 valence electrons. The van der Waals surface area contributed by atoms with Crippen LogP contribution in [0.5, 0.6) is 0 Å². The van der Waals surface area contributed by atoms with Gasteiger partial charge in [-0.3, -0.25) is 14.8 Å². The van der Waals surface area contributed by atoms with Crippen molar-refractivity contribution in [1.29, 1.82) is 0 Å². The lowest BCUT2D eigenvalue weighted by Gasteiger charge is -2.10. The van der Waals surface area contributed by atoms with Gasteiger partial charge in [-0.25, -0.2) is 14.4 Å². The van der Waals surface area contributed by atoms with Crippen molar-refractivity contribution in [2.24, 2.45) is 0 Å². The number of hydrogen-bond acceptors (Lipinski definition) is 4. The number of aromatic amines is 2. The first-order valence-electron chi connectivity index (χ1n) is 7.85. The highest BCUT2D eigenvalue weighted by Crippen LogP contribution is 2.27. The summed E-state index contributed by atoms with van der Waals surface area (Å²) >= 11 is 0. The van der Waals surface area contributed by atoms with Crippen LogP contribution >= 0.6 is 0 Å². The van der Waals surface area contributed by atoms with Gasteiger partial charge < -0.3 is 4.42 Å². The van der Waals surface area contributed by atoms with Crippen LogP contribution in [0.25, 0.3) is 27.1 Å². The molecule has 7 heteroatoms. The number of rotatable bonds is 4. The number of nitrogens with one attached hydrogen (secondary N) is 2. The van der Waals surface area contributed by atoms with E-state index < -0.39 is 16.9 Å². The van der Waals surface area contributed by atoms with Crippen molar-refractivity contribution >= 4 is 16.8 Å². The molecule has 0 atom stereocenters. The van der Waals surface area contributed by atoms with E-state index in [9.17, 15) is 14.4 Å². The zero-order chi connectivity index (χ0) is 18.0. The summed E-state index contributed by atoms with van der Waals surface area (Å²) in [4.78, 5) is 44.2. The number of unbranched alkanes of at least 4 members (excludes halogenated alkanes) is 1. The van der Waals surface area contributed by atoms with Crippen molar-refractivity contribution in [3.8, 4) is 11.1 Å². The lowest BCUT2D eigenvalue weighted by molar-refractivity contribution is 0.546. The van der Waals surface area contributed by atoms with Crippen LogP contribution in [0, 0.1) is 6.57 Å². The van der Waals surface area contributed by atoms with E-state index in [-0.39, 0.29) is 16.7 Å². The monoisotopic (exact) mass is 337 g/mol. The van der Waals surface area contributed by atoms with Crippen LogP contribution in [-0.4, -0.2) is 9.97 Å². The molecular formula is C18H15N3O4. The van der Waals surface area contributed by atoms with E-state index in [4.69, 9.17) is 11.0 Å². The van der Waals surface area contributed by atoms with Crippen LogP contribution in [0.3, 0.4) is 0 Å². The van der Waals surface area contributed by atoms with E-state index in [0.717, 1.165) is 12.8 Å². The fraction of sp³-hybridized carbons (Fsp3) is 0.222. The molecule has 0 spiro atoms. The summed E-state index contributed by atoms with van der Waals surface area (Å²) in [6.07, 6.45) is 2.14. The summed E-state index contributed by atoms with van der Waals surface area (Å²) in [6, 6.07) is 6.51. The molecule has 0 unspecified atom stereocenters. The van der Waals surface area contributed by atoms with Crippen LogP contribution in [0.2, 0.25) is 0 Å². The molecule has 0 amide bonds. The Labute approximate surface area is 141 Å². The molecule has 2 aromatic heterocycles. The standard InChI is InChI=1S/C18H15N3O4/c1-3-4-5-12-13(10-6-8-11(19-2)9-7-10)17(23)25-16-14(12)15(22)20-18(24)21-16/h6-9H,3-5H2,1H3,(H2,20,21,22,24). The maximum atomic E-state index is 12.5. The van der Waals surface area contributed by atoms with E-state index >= 15 is 0 Å². The van der Waals surface area contributed by atoms with Crippen molar-refractivity contribution in [3.63, 3.8) is 0 Å². The highest BCUT2D eigenvalue weighted by atomic mass is 16.4. The molecule has 0 radical (unpaired) electrons. The Kier molecular flexibility index (Phi) is 4.35. The predicted molar refractivity (Wildman–Crippen MR) is 94.0 cm³/mol. The first kappa shape index (κ1) is 16.5. The maximum absolute atomic E-state index is 12.5. The Bertz CT molecular complexity index is 1140. The van der Waals surface area contributed by atoms with Crippen molar-refractivity contribution in [2.45, 2.75) is 26.2 Å². The van der Waals surface area contributed by atoms with Gasteiger partial charge in [0.25, 0.3) is 5.56 Å². The minimum atomic E-state index is -0.726. The van der Waals surface area contributed by atoms with Crippen molar-refractivity contribution in [2.75, 3.05) is 0 Å². The van der Waals surface area contributed by atoms with Crippen LogP contribution in [0.1, 0.15) is 25.3 Å². The average Bonchev–Trinajstić information content (AvgIpc) is 2.59. The molecular weight excluding hydrogens is 322 g/mol. The van der Waals surface area contributed by atoms with Gasteiger partial charge in [-0.05, 0) is 24.0 Å². The van der Waals surface area contributed by atoms with Gasteiger partial charge in [0.05, 0.1) is 12.1 Å². The Balaban J connectivity index is 2.38. The third-order valence-corrected chi connectivity index (χ3v) is 3.98. The number of fused-ring (bicyclic) bond motifs is 1. The lowest BCUT2D eigenvalue weighted by atomic mass is 9.96. The van der Waals surface area contributed by atoms with Gasteiger partial charge in [0, 0.05) is 0 Å². The molecule has 0 aliphatic heterocycles. The summed E-state index contributed by atoms with van der Waals surface area (Å²) in [5.41, 5.74) is -0.215. The molecule has 2 N–H and O–H groups in total. The third-order valence-electron chi connectivity index (χ3n) is 3.98. The molecule has 0 saturated carbocycles. The van der Waals surface area contributed by atoms with Crippen LogP contribution in [0.15, 0.2) is 43.1 Å². The molecule has 3 rings (SSSR count). The topological polar surface area (TPSA) is 100 Å². The highest BCUT2D eigenvalue weighted by Gasteiger charge is 2.19. The van der Waals surface area contributed by atoms with E-state index in [1.54, 1.807) is 24.3 Å². The summed E-state index contributed by atoms with van der Waals surface area (Å²) in [6.45, 7) is 9.02.